The van der Waals surface area contributed by atoms with Crippen LogP contribution in [0.4, 0.5) is 0 Å². The Bertz CT molecular complexity index is 369. The summed E-state index contributed by atoms with van der Waals surface area (Å²) in [4.78, 5) is 13.4. The molecule has 1 aromatic heterocycles. The van der Waals surface area contributed by atoms with Crippen molar-refractivity contribution in [3.05, 3.63) is 17.5 Å². The number of hydrogen-bond acceptors (Lipinski definition) is 3. The quantitative estimate of drug-likeness (QED) is 0.711. The first-order valence-corrected chi connectivity index (χ1v) is 5.17. The van der Waals surface area contributed by atoms with Crippen LogP contribution in [0.3, 0.4) is 0 Å². The van der Waals surface area contributed by atoms with Gasteiger partial charge in [-0.1, -0.05) is 0 Å². The van der Waals surface area contributed by atoms with Crippen LogP contribution in [0.5, 0.6) is 0 Å². The second kappa shape index (κ2) is 4.02. The van der Waals surface area contributed by atoms with Gasteiger partial charge in [-0.3, -0.25) is 9.48 Å². The minimum atomic E-state index is 0.0277. The first-order valence-electron chi connectivity index (χ1n) is 5.17. The minimum absolute atomic E-state index is 0.0277. The fraction of sp³-hybridized carbons (Fsp3) is 0.600. The van der Waals surface area contributed by atoms with Crippen LogP contribution in [0.25, 0.3) is 0 Å². The van der Waals surface area contributed by atoms with Gasteiger partial charge in [0.05, 0.1) is 17.5 Å². The smallest absolute Gasteiger partial charge is 0.256 e. The molecule has 0 spiro atoms. The largest absolute Gasteiger partial charge is 0.345 e. The molecule has 0 unspecified atom stereocenters. The normalized spacial score (nSPS) is 15.6. The molecule has 0 fully saturated rings. The molecule has 5 heteroatoms. The highest BCUT2D eigenvalue weighted by Gasteiger charge is 2.19. The molecule has 0 aliphatic carbocycles. The number of nitrogens with one attached hydrogen (secondary N) is 1. The van der Waals surface area contributed by atoms with Gasteiger partial charge in [0.25, 0.3) is 5.91 Å². The Morgan fingerprint density at radius 3 is 3.13 bits per heavy atom. The predicted molar refractivity (Wildman–Crippen MR) is 56.6 cm³/mol. The fourth-order valence-electron chi connectivity index (χ4n) is 1.77. The van der Waals surface area contributed by atoms with E-state index in [2.05, 4.69) is 10.4 Å². The summed E-state index contributed by atoms with van der Waals surface area (Å²) in [5.74, 6) is 0.0277. The van der Waals surface area contributed by atoms with Crippen LogP contribution in [-0.4, -0.2) is 41.2 Å². The number of aryl methyl sites for hydroxylation is 1. The van der Waals surface area contributed by atoms with E-state index < -0.39 is 0 Å². The molecule has 0 atom stereocenters. The molecule has 2 rings (SSSR count). The van der Waals surface area contributed by atoms with Crippen molar-refractivity contribution >= 4 is 5.91 Å². The van der Waals surface area contributed by atoms with Crippen molar-refractivity contribution in [3.63, 3.8) is 0 Å². The standard InChI is InChI=1S/C10H16N4O/c1-13(2)10(15)8-6-12-14-5-3-4-11-7-9(8)14/h6,11H,3-5,7H2,1-2H3. The van der Waals surface area contributed by atoms with Crippen molar-refractivity contribution in [2.75, 3.05) is 20.6 Å². The van der Waals surface area contributed by atoms with Crippen LogP contribution in [-0.2, 0) is 13.1 Å². The number of carbonyl (C=O) groups excluding carboxylic acids is 1. The Balaban J connectivity index is 2.33. The maximum atomic E-state index is 11.8. The average molecular weight is 208 g/mol. The second-order valence-electron chi connectivity index (χ2n) is 3.96. The molecule has 1 aromatic rings. The van der Waals surface area contributed by atoms with E-state index in [9.17, 15) is 4.79 Å². The van der Waals surface area contributed by atoms with Crippen molar-refractivity contribution in [1.29, 1.82) is 0 Å². The molecule has 1 N–H and O–H groups in total. The van der Waals surface area contributed by atoms with Crippen LogP contribution in [0.2, 0.25) is 0 Å². The monoisotopic (exact) mass is 208 g/mol. The highest BCUT2D eigenvalue weighted by Crippen LogP contribution is 2.13. The van der Waals surface area contributed by atoms with Crippen LogP contribution in [0.1, 0.15) is 22.5 Å². The molecule has 0 radical (unpaired) electrons. The zero-order valence-electron chi connectivity index (χ0n) is 9.16. The van der Waals surface area contributed by atoms with Crippen LogP contribution in [0.15, 0.2) is 6.20 Å². The zero-order chi connectivity index (χ0) is 10.8. The summed E-state index contributed by atoms with van der Waals surface area (Å²) in [6.45, 7) is 2.61. The third-order valence-electron chi connectivity index (χ3n) is 2.60. The van der Waals surface area contributed by atoms with Gasteiger partial charge in [-0.15, -0.1) is 0 Å². The summed E-state index contributed by atoms with van der Waals surface area (Å²) in [5.41, 5.74) is 1.72. The van der Waals surface area contributed by atoms with E-state index in [0.29, 0.717) is 0 Å². The van der Waals surface area contributed by atoms with E-state index in [0.717, 1.165) is 37.3 Å². The zero-order valence-corrected chi connectivity index (χ0v) is 9.16. The van der Waals surface area contributed by atoms with Crippen LogP contribution in [0, 0.1) is 0 Å². The molecule has 82 valence electrons. The van der Waals surface area contributed by atoms with Gasteiger partial charge in [0.15, 0.2) is 0 Å². The number of nitrogens with zero attached hydrogens (tertiary/aromatic N) is 3. The number of aromatic nitrogens is 2. The summed E-state index contributed by atoms with van der Waals surface area (Å²) in [5, 5.41) is 7.54. The van der Waals surface area contributed by atoms with Gasteiger partial charge >= 0.3 is 0 Å². The summed E-state index contributed by atoms with van der Waals surface area (Å²) in [6.07, 6.45) is 2.73. The van der Waals surface area contributed by atoms with Gasteiger partial charge in [-0.05, 0) is 13.0 Å². The molecule has 1 aliphatic heterocycles. The Morgan fingerprint density at radius 1 is 1.60 bits per heavy atom. The van der Waals surface area contributed by atoms with E-state index in [4.69, 9.17) is 0 Å². The molecular weight excluding hydrogens is 192 g/mol. The Hall–Kier alpha value is -1.36. The lowest BCUT2D eigenvalue weighted by Gasteiger charge is -2.10. The fourth-order valence-corrected chi connectivity index (χ4v) is 1.77. The molecule has 2 heterocycles. The highest BCUT2D eigenvalue weighted by atomic mass is 16.2. The van der Waals surface area contributed by atoms with Crippen molar-refractivity contribution in [2.24, 2.45) is 0 Å². The number of rotatable bonds is 1. The minimum Gasteiger partial charge on any atom is -0.345 e. The molecule has 1 amide bonds. The predicted octanol–water partition coefficient (Wildman–Crippen LogP) is 0.0782. The van der Waals surface area contributed by atoms with Crippen LogP contribution < -0.4 is 5.32 Å². The van der Waals surface area contributed by atoms with Crippen molar-refractivity contribution in [3.8, 4) is 0 Å². The van der Waals surface area contributed by atoms with Crippen molar-refractivity contribution in [2.45, 2.75) is 19.5 Å². The third kappa shape index (κ3) is 1.87. The SMILES string of the molecule is CN(C)C(=O)c1cnn2c1CNCCC2. The van der Waals surface area contributed by atoms with Gasteiger partial charge in [0.1, 0.15) is 0 Å². The maximum Gasteiger partial charge on any atom is 0.256 e. The van der Waals surface area contributed by atoms with E-state index in [-0.39, 0.29) is 5.91 Å². The number of hydrogen-bond donors (Lipinski definition) is 1. The summed E-state index contributed by atoms with van der Waals surface area (Å²) >= 11 is 0. The topological polar surface area (TPSA) is 50.2 Å². The van der Waals surface area contributed by atoms with Crippen LogP contribution >= 0.6 is 0 Å². The summed E-state index contributed by atoms with van der Waals surface area (Å²) in [7, 11) is 3.52. The second-order valence-corrected chi connectivity index (χ2v) is 3.96. The van der Waals surface area contributed by atoms with Crippen molar-refractivity contribution in [1.82, 2.24) is 20.0 Å². The van der Waals surface area contributed by atoms with E-state index in [1.165, 1.54) is 0 Å². The molecule has 0 aromatic carbocycles. The van der Waals surface area contributed by atoms with E-state index >= 15 is 0 Å². The Labute approximate surface area is 89.1 Å². The Kier molecular flexibility index (Phi) is 2.73. The number of amides is 1. The van der Waals surface area contributed by atoms with Gasteiger partial charge in [0.2, 0.25) is 0 Å². The molecule has 0 bridgehead atoms. The van der Waals surface area contributed by atoms with Gasteiger partial charge in [-0.2, -0.15) is 5.10 Å². The third-order valence-corrected chi connectivity index (χ3v) is 2.60. The summed E-state index contributed by atoms with van der Waals surface area (Å²) < 4.78 is 1.93. The first kappa shape index (κ1) is 10.2. The van der Waals surface area contributed by atoms with Crippen molar-refractivity contribution < 1.29 is 4.79 Å². The average Bonchev–Trinajstić information content (AvgIpc) is 2.46. The van der Waals surface area contributed by atoms with E-state index in [1.807, 2.05) is 4.68 Å². The molecule has 1 aliphatic rings. The lowest BCUT2D eigenvalue weighted by Crippen LogP contribution is -2.24. The molecular formula is C10H16N4O. The lowest BCUT2D eigenvalue weighted by atomic mass is 10.2. The molecule has 0 saturated carbocycles. The Morgan fingerprint density at radius 2 is 2.40 bits per heavy atom. The molecule has 0 saturated heterocycles. The summed E-state index contributed by atoms with van der Waals surface area (Å²) in [6, 6.07) is 0. The van der Waals surface area contributed by atoms with E-state index in [1.54, 1.807) is 25.2 Å². The first-order chi connectivity index (χ1) is 7.20. The number of carbonyl (C=O) groups is 1. The maximum absolute atomic E-state index is 11.8. The number of fused-ring (bicyclic) bond motifs is 1. The van der Waals surface area contributed by atoms with Gasteiger partial charge < -0.3 is 10.2 Å². The lowest BCUT2D eigenvalue weighted by molar-refractivity contribution is 0.0826. The van der Waals surface area contributed by atoms with Gasteiger partial charge in [0, 0.05) is 27.2 Å². The highest BCUT2D eigenvalue weighted by molar-refractivity contribution is 5.94. The molecule has 15 heavy (non-hydrogen) atoms. The van der Waals surface area contributed by atoms with Gasteiger partial charge in [-0.25, -0.2) is 0 Å². The molecule has 5 nitrogen and oxygen atoms in total.